The maximum atomic E-state index is 4.57. The summed E-state index contributed by atoms with van der Waals surface area (Å²) < 4.78 is 0. The van der Waals surface area contributed by atoms with Crippen molar-refractivity contribution < 1.29 is 0 Å². The molecule has 1 aliphatic rings. The Labute approximate surface area is 161 Å². The van der Waals surface area contributed by atoms with E-state index in [2.05, 4.69) is 90.8 Å². The molecule has 0 aliphatic carbocycles. The highest BCUT2D eigenvalue weighted by Gasteiger charge is 2.30. The Morgan fingerprint density at radius 1 is 1.00 bits per heavy atom. The van der Waals surface area contributed by atoms with Crippen LogP contribution >= 0.6 is 0 Å². The Morgan fingerprint density at radius 2 is 1.74 bits per heavy atom. The van der Waals surface area contributed by atoms with E-state index in [9.17, 15) is 0 Å². The fraction of sp³-hybridized carbons (Fsp3) is 0.304. The number of hydrogen-bond acceptors (Lipinski definition) is 4. The predicted molar refractivity (Wildman–Crippen MR) is 113 cm³/mol. The van der Waals surface area contributed by atoms with Crippen LogP contribution in [-0.4, -0.2) is 22.7 Å². The highest BCUT2D eigenvalue weighted by molar-refractivity contribution is 5.82. The van der Waals surface area contributed by atoms with Crippen molar-refractivity contribution in [1.82, 2.24) is 9.97 Å². The third kappa shape index (κ3) is 3.05. The number of anilines is 3. The lowest BCUT2D eigenvalue weighted by atomic mass is 9.93. The molecule has 138 valence electrons. The van der Waals surface area contributed by atoms with E-state index >= 15 is 0 Å². The van der Waals surface area contributed by atoms with E-state index in [1.54, 1.807) is 6.33 Å². The summed E-state index contributed by atoms with van der Waals surface area (Å²) in [5.41, 5.74) is 8.78. The minimum absolute atomic E-state index is 0.393. The van der Waals surface area contributed by atoms with Gasteiger partial charge >= 0.3 is 0 Å². The molecule has 0 N–H and O–H groups in total. The first-order valence-corrected chi connectivity index (χ1v) is 9.48. The largest absolute Gasteiger partial charge is 0.347 e. The number of nitrogens with zero attached hydrogens (tertiary/aromatic N) is 4. The van der Waals surface area contributed by atoms with Crippen molar-refractivity contribution in [1.29, 1.82) is 0 Å². The average Bonchev–Trinajstić information content (AvgIpc) is 3.01. The van der Waals surface area contributed by atoms with Gasteiger partial charge in [-0.15, -0.1) is 0 Å². The summed E-state index contributed by atoms with van der Waals surface area (Å²) in [6, 6.07) is 13.7. The van der Waals surface area contributed by atoms with Crippen molar-refractivity contribution in [3.05, 3.63) is 65.6 Å². The van der Waals surface area contributed by atoms with E-state index in [1.807, 2.05) is 6.20 Å². The molecule has 0 bridgehead atoms. The lowest BCUT2D eigenvalue weighted by Gasteiger charge is -2.25. The normalized spacial score (nSPS) is 13.4. The summed E-state index contributed by atoms with van der Waals surface area (Å²) in [5, 5.41) is 0. The van der Waals surface area contributed by atoms with Gasteiger partial charge < -0.3 is 9.80 Å². The van der Waals surface area contributed by atoms with E-state index in [4.69, 9.17) is 0 Å². The fourth-order valence-corrected chi connectivity index (χ4v) is 4.13. The van der Waals surface area contributed by atoms with Crippen LogP contribution in [0.5, 0.6) is 0 Å². The van der Waals surface area contributed by atoms with Crippen LogP contribution in [0.2, 0.25) is 0 Å². The third-order valence-electron chi connectivity index (χ3n) is 5.28. The van der Waals surface area contributed by atoms with Crippen LogP contribution in [0.3, 0.4) is 0 Å². The molecule has 0 saturated carbocycles. The molecule has 3 aromatic rings. The zero-order valence-corrected chi connectivity index (χ0v) is 16.7. The van der Waals surface area contributed by atoms with Crippen LogP contribution in [0.4, 0.5) is 17.2 Å². The fourth-order valence-electron chi connectivity index (χ4n) is 4.13. The molecule has 2 heterocycles. The number of aryl methyl sites for hydroxylation is 3. The summed E-state index contributed by atoms with van der Waals surface area (Å²) >= 11 is 0. The lowest BCUT2D eigenvalue weighted by Crippen LogP contribution is -2.33. The van der Waals surface area contributed by atoms with Gasteiger partial charge in [-0.2, -0.15) is 0 Å². The van der Waals surface area contributed by atoms with Crippen LogP contribution < -0.4 is 9.80 Å². The molecule has 2 aromatic carbocycles. The van der Waals surface area contributed by atoms with E-state index < -0.39 is 0 Å². The molecule has 4 nitrogen and oxygen atoms in total. The van der Waals surface area contributed by atoms with Gasteiger partial charge in [0.2, 0.25) is 0 Å². The van der Waals surface area contributed by atoms with E-state index in [-0.39, 0.29) is 0 Å². The molecule has 1 aliphatic heterocycles. The summed E-state index contributed by atoms with van der Waals surface area (Å²) in [5.74, 6) is 0.980. The number of benzene rings is 2. The minimum atomic E-state index is 0.393. The Kier molecular flexibility index (Phi) is 4.34. The van der Waals surface area contributed by atoms with Crippen molar-refractivity contribution >= 4 is 17.2 Å². The van der Waals surface area contributed by atoms with Gasteiger partial charge in [0.25, 0.3) is 0 Å². The third-order valence-corrected chi connectivity index (χ3v) is 5.28. The molecule has 27 heavy (non-hydrogen) atoms. The second-order valence-electron chi connectivity index (χ2n) is 7.69. The molecular weight excluding hydrogens is 332 g/mol. The highest BCUT2D eigenvalue weighted by atomic mass is 15.4. The van der Waals surface area contributed by atoms with Gasteiger partial charge in [0, 0.05) is 11.7 Å². The molecule has 0 unspecified atom stereocenters. The first-order chi connectivity index (χ1) is 13.0. The Morgan fingerprint density at radius 3 is 2.44 bits per heavy atom. The maximum absolute atomic E-state index is 4.57. The summed E-state index contributed by atoms with van der Waals surface area (Å²) in [4.78, 5) is 13.4. The molecule has 1 aromatic heterocycles. The van der Waals surface area contributed by atoms with Crippen molar-refractivity contribution in [2.75, 3.05) is 16.5 Å². The number of fused-ring (bicyclic) bond motifs is 1. The molecule has 0 fully saturated rings. The average molecular weight is 358 g/mol. The monoisotopic (exact) mass is 358 g/mol. The number of rotatable bonds is 3. The van der Waals surface area contributed by atoms with Crippen LogP contribution in [-0.2, 0) is 0 Å². The van der Waals surface area contributed by atoms with E-state index in [0.717, 1.165) is 23.9 Å². The van der Waals surface area contributed by atoms with Gasteiger partial charge in [-0.25, -0.2) is 9.97 Å². The first-order valence-electron chi connectivity index (χ1n) is 9.48. The molecule has 0 spiro atoms. The minimum Gasteiger partial charge on any atom is -0.347 e. The number of aromatic nitrogens is 2. The van der Waals surface area contributed by atoms with Crippen LogP contribution in [0, 0.1) is 20.8 Å². The van der Waals surface area contributed by atoms with Gasteiger partial charge in [0.05, 0.1) is 12.9 Å². The van der Waals surface area contributed by atoms with E-state index in [0.29, 0.717) is 6.04 Å². The van der Waals surface area contributed by atoms with Gasteiger partial charge in [-0.3, -0.25) is 0 Å². The first kappa shape index (κ1) is 17.5. The maximum Gasteiger partial charge on any atom is 0.161 e. The Balaban J connectivity index is 1.79. The molecule has 0 atom stereocenters. The summed E-state index contributed by atoms with van der Waals surface area (Å²) in [7, 11) is 0. The van der Waals surface area contributed by atoms with Gasteiger partial charge in [0.1, 0.15) is 12.0 Å². The molecule has 0 saturated heterocycles. The smallest absolute Gasteiger partial charge is 0.161 e. The zero-order valence-electron chi connectivity index (χ0n) is 16.7. The topological polar surface area (TPSA) is 32.3 Å². The van der Waals surface area contributed by atoms with E-state index in [1.165, 1.54) is 27.8 Å². The predicted octanol–water partition coefficient (Wildman–Crippen LogP) is 5.39. The van der Waals surface area contributed by atoms with Crippen molar-refractivity contribution in [3.8, 4) is 11.1 Å². The van der Waals surface area contributed by atoms with Gasteiger partial charge in [-0.05, 0) is 69.0 Å². The standard InChI is InChI=1S/C23H26N4/c1-15(2)26-14-27(23-21(26)12-24-13-25-23)20-8-6-7-19(11-20)22-17(4)9-16(3)10-18(22)5/h6-13,15H,14H2,1-5H3. The molecule has 4 rings (SSSR count). The SMILES string of the molecule is Cc1cc(C)c(-c2cccc(N3CN(C(C)C)c4cncnc43)c2)c(C)c1. The zero-order chi connectivity index (χ0) is 19.1. The van der Waals surface area contributed by atoms with Gasteiger partial charge in [0.15, 0.2) is 5.82 Å². The molecular formula is C23H26N4. The summed E-state index contributed by atoms with van der Waals surface area (Å²) in [6.45, 7) is 11.7. The quantitative estimate of drug-likeness (QED) is 0.628. The Hall–Kier alpha value is -2.88. The second-order valence-corrected chi connectivity index (χ2v) is 7.69. The van der Waals surface area contributed by atoms with Crippen molar-refractivity contribution in [2.45, 2.75) is 40.7 Å². The lowest BCUT2D eigenvalue weighted by molar-refractivity contribution is 0.708. The van der Waals surface area contributed by atoms with Crippen LogP contribution in [0.15, 0.2) is 48.9 Å². The summed E-state index contributed by atoms with van der Waals surface area (Å²) in [6.07, 6.45) is 3.55. The van der Waals surface area contributed by atoms with Crippen molar-refractivity contribution in [3.63, 3.8) is 0 Å². The highest BCUT2D eigenvalue weighted by Crippen LogP contribution is 2.40. The molecule has 4 heteroatoms. The van der Waals surface area contributed by atoms with Crippen molar-refractivity contribution in [2.24, 2.45) is 0 Å². The second kappa shape index (κ2) is 6.69. The molecule has 0 radical (unpaired) electrons. The number of hydrogen-bond donors (Lipinski definition) is 0. The Bertz CT molecular complexity index is 970. The van der Waals surface area contributed by atoms with Gasteiger partial charge in [-0.1, -0.05) is 29.8 Å². The van der Waals surface area contributed by atoms with Crippen LogP contribution in [0.1, 0.15) is 30.5 Å². The van der Waals surface area contributed by atoms with Crippen LogP contribution in [0.25, 0.3) is 11.1 Å². The molecule has 0 amide bonds.